The van der Waals surface area contributed by atoms with Gasteiger partial charge >= 0.3 is 0 Å². The Morgan fingerprint density at radius 3 is 2.55 bits per heavy atom. The summed E-state index contributed by atoms with van der Waals surface area (Å²) < 4.78 is 0. The van der Waals surface area contributed by atoms with Crippen LogP contribution in [0.2, 0.25) is 0 Å². The quantitative estimate of drug-likeness (QED) is 0.731. The number of hydrogen-bond donors (Lipinski definition) is 3. The summed E-state index contributed by atoms with van der Waals surface area (Å²) in [6.45, 7) is 0.562. The van der Waals surface area contributed by atoms with Gasteiger partial charge < -0.3 is 16.4 Å². The molecule has 0 saturated heterocycles. The molecule has 1 saturated carbocycles. The third-order valence-electron chi connectivity index (χ3n) is 5.93. The molecule has 6 heteroatoms. The molecule has 2 aromatic carbocycles. The predicted octanol–water partition coefficient (Wildman–Crippen LogP) is 2.42. The maximum absolute atomic E-state index is 12.5. The van der Waals surface area contributed by atoms with Crippen molar-refractivity contribution in [1.29, 1.82) is 5.26 Å². The van der Waals surface area contributed by atoms with E-state index in [1.165, 1.54) is 0 Å². The maximum atomic E-state index is 12.5. The Hall–Kier alpha value is -3.17. The number of nitrogens with zero attached hydrogens (tertiary/aromatic N) is 1. The van der Waals surface area contributed by atoms with Crippen molar-refractivity contribution >= 4 is 11.8 Å². The van der Waals surface area contributed by atoms with E-state index in [4.69, 9.17) is 5.73 Å². The number of carbonyl (C=O) groups is 2. The lowest BCUT2D eigenvalue weighted by atomic mass is 9.96. The van der Waals surface area contributed by atoms with Crippen molar-refractivity contribution in [3.63, 3.8) is 0 Å². The van der Waals surface area contributed by atoms with Crippen molar-refractivity contribution in [2.24, 2.45) is 5.73 Å². The molecule has 0 aromatic heterocycles. The van der Waals surface area contributed by atoms with Crippen molar-refractivity contribution < 1.29 is 9.59 Å². The molecule has 1 fully saturated rings. The number of nitriles is 1. The SMILES string of the molecule is N#CC(Cc1ccc(-c2ccc3c(c2)CNC3=O)cc1)NC(=O)C1(N)CCCC1. The fourth-order valence-electron chi connectivity index (χ4n) is 4.14. The first kappa shape index (κ1) is 19.2. The Balaban J connectivity index is 1.43. The predicted molar refractivity (Wildman–Crippen MR) is 110 cm³/mol. The largest absolute Gasteiger partial charge is 0.348 e. The molecule has 148 valence electrons. The fourth-order valence-corrected chi connectivity index (χ4v) is 4.14. The molecule has 0 spiro atoms. The second kappa shape index (κ2) is 7.69. The van der Waals surface area contributed by atoms with Crippen molar-refractivity contribution in [2.45, 2.75) is 50.2 Å². The number of benzene rings is 2. The van der Waals surface area contributed by atoms with E-state index in [0.29, 0.717) is 25.8 Å². The monoisotopic (exact) mass is 388 g/mol. The highest BCUT2D eigenvalue weighted by Gasteiger charge is 2.37. The number of nitrogens with two attached hydrogens (primary N) is 1. The van der Waals surface area contributed by atoms with Crippen molar-refractivity contribution in [3.8, 4) is 17.2 Å². The van der Waals surface area contributed by atoms with E-state index < -0.39 is 11.6 Å². The summed E-state index contributed by atoms with van der Waals surface area (Å²) in [5, 5.41) is 15.1. The molecule has 6 nitrogen and oxygen atoms in total. The number of carbonyl (C=O) groups excluding carboxylic acids is 2. The number of fused-ring (bicyclic) bond motifs is 1. The number of hydrogen-bond acceptors (Lipinski definition) is 4. The average molecular weight is 388 g/mol. The number of nitrogens with one attached hydrogen (secondary N) is 2. The summed E-state index contributed by atoms with van der Waals surface area (Å²) in [7, 11) is 0. The van der Waals surface area contributed by atoms with Crippen LogP contribution in [0.4, 0.5) is 0 Å². The van der Waals surface area contributed by atoms with Crippen molar-refractivity contribution in [2.75, 3.05) is 0 Å². The summed E-state index contributed by atoms with van der Waals surface area (Å²) >= 11 is 0. The summed E-state index contributed by atoms with van der Waals surface area (Å²) in [6, 6.07) is 15.3. The molecular weight excluding hydrogens is 364 g/mol. The van der Waals surface area contributed by atoms with E-state index in [-0.39, 0.29) is 11.8 Å². The van der Waals surface area contributed by atoms with Gasteiger partial charge in [0, 0.05) is 18.5 Å². The van der Waals surface area contributed by atoms with Gasteiger partial charge in [-0.1, -0.05) is 43.2 Å². The summed E-state index contributed by atoms with van der Waals surface area (Å²) in [5.74, 6) is -0.247. The van der Waals surface area contributed by atoms with Crippen LogP contribution < -0.4 is 16.4 Å². The van der Waals surface area contributed by atoms with Gasteiger partial charge in [-0.25, -0.2) is 0 Å². The van der Waals surface area contributed by atoms with Crippen LogP contribution in [0, 0.1) is 11.3 Å². The zero-order valence-corrected chi connectivity index (χ0v) is 16.2. The third-order valence-corrected chi connectivity index (χ3v) is 5.93. The van der Waals surface area contributed by atoms with Crippen LogP contribution >= 0.6 is 0 Å². The highest BCUT2D eigenvalue weighted by molar-refractivity contribution is 5.98. The van der Waals surface area contributed by atoms with Crippen LogP contribution in [-0.4, -0.2) is 23.4 Å². The smallest absolute Gasteiger partial charge is 0.251 e. The molecule has 1 unspecified atom stereocenters. The second-order valence-corrected chi connectivity index (χ2v) is 7.97. The number of amides is 2. The normalized spacial score (nSPS) is 17.9. The van der Waals surface area contributed by atoms with E-state index in [1.807, 2.05) is 42.5 Å². The molecule has 1 heterocycles. The number of rotatable bonds is 5. The summed E-state index contributed by atoms with van der Waals surface area (Å²) in [4.78, 5) is 24.2. The molecule has 2 aliphatic rings. The molecule has 1 aliphatic carbocycles. The first-order valence-corrected chi connectivity index (χ1v) is 9.98. The van der Waals surface area contributed by atoms with Gasteiger partial charge in [-0.05, 0) is 47.2 Å². The Kier molecular flexibility index (Phi) is 5.08. The minimum Gasteiger partial charge on any atom is -0.348 e. The first-order valence-electron chi connectivity index (χ1n) is 9.98. The van der Waals surface area contributed by atoms with Crippen molar-refractivity contribution in [3.05, 3.63) is 59.2 Å². The molecule has 1 aliphatic heterocycles. The van der Waals surface area contributed by atoms with Crippen LogP contribution in [-0.2, 0) is 17.8 Å². The molecule has 2 aromatic rings. The Bertz CT molecular complexity index is 985. The fraction of sp³-hybridized carbons (Fsp3) is 0.348. The molecule has 4 N–H and O–H groups in total. The van der Waals surface area contributed by atoms with Gasteiger partial charge in [-0.3, -0.25) is 9.59 Å². The maximum Gasteiger partial charge on any atom is 0.251 e. The lowest BCUT2D eigenvalue weighted by Gasteiger charge is -2.24. The van der Waals surface area contributed by atoms with E-state index in [1.54, 1.807) is 0 Å². The zero-order chi connectivity index (χ0) is 20.4. The van der Waals surface area contributed by atoms with Gasteiger partial charge in [0.2, 0.25) is 5.91 Å². The third kappa shape index (κ3) is 3.87. The first-order chi connectivity index (χ1) is 14.0. The van der Waals surface area contributed by atoms with Crippen LogP contribution in [0.3, 0.4) is 0 Å². The lowest BCUT2D eigenvalue weighted by molar-refractivity contribution is -0.126. The van der Waals surface area contributed by atoms with Gasteiger partial charge in [-0.2, -0.15) is 5.26 Å². The summed E-state index contributed by atoms with van der Waals surface area (Å²) in [5.41, 5.74) is 10.1. The van der Waals surface area contributed by atoms with Crippen LogP contribution in [0.1, 0.15) is 47.2 Å². The topological polar surface area (TPSA) is 108 Å². The lowest BCUT2D eigenvalue weighted by Crippen LogP contribution is -2.54. The average Bonchev–Trinajstić information content (AvgIpc) is 3.34. The Morgan fingerprint density at radius 1 is 1.17 bits per heavy atom. The molecule has 0 radical (unpaired) electrons. The van der Waals surface area contributed by atoms with Crippen LogP contribution in [0.15, 0.2) is 42.5 Å². The molecule has 2 amide bonds. The van der Waals surface area contributed by atoms with Gasteiger partial charge in [-0.15, -0.1) is 0 Å². The minimum absolute atomic E-state index is 0.0247. The zero-order valence-electron chi connectivity index (χ0n) is 16.2. The highest BCUT2D eigenvalue weighted by atomic mass is 16.2. The minimum atomic E-state index is -0.831. The Morgan fingerprint density at radius 2 is 1.86 bits per heavy atom. The molecule has 4 rings (SSSR count). The van der Waals surface area contributed by atoms with E-state index >= 15 is 0 Å². The van der Waals surface area contributed by atoms with Gasteiger partial charge in [0.05, 0.1) is 11.6 Å². The molecule has 1 atom stereocenters. The van der Waals surface area contributed by atoms with E-state index in [0.717, 1.165) is 40.7 Å². The van der Waals surface area contributed by atoms with E-state index in [2.05, 4.69) is 16.7 Å². The van der Waals surface area contributed by atoms with E-state index in [9.17, 15) is 14.9 Å². The standard InChI is InChI=1S/C23H24N4O2/c24-13-19(27-22(29)23(25)9-1-2-10-23)11-15-3-5-16(6-4-15)17-7-8-20-18(12-17)14-26-21(20)28/h3-8,12,19H,1-2,9-11,14,25H2,(H,26,28)(H,27,29). The van der Waals surface area contributed by atoms with Gasteiger partial charge in [0.1, 0.15) is 6.04 Å². The van der Waals surface area contributed by atoms with Crippen LogP contribution in [0.25, 0.3) is 11.1 Å². The van der Waals surface area contributed by atoms with Gasteiger partial charge in [0.25, 0.3) is 5.91 Å². The molecule has 29 heavy (non-hydrogen) atoms. The molecular formula is C23H24N4O2. The summed E-state index contributed by atoms with van der Waals surface area (Å²) in [6.07, 6.45) is 3.69. The second-order valence-electron chi connectivity index (χ2n) is 7.97. The highest BCUT2D eigenvalue weighted by Crippen LogP contribution is 2.28. The molecule has 0 bridgehead atoms. The Labute approximate surface area is 170 Å². The van der Waals surface area contributed by atoms with Crippen molar-refractivity contribution in [1.82, 2.24) is 10.6 Å². The van der Waals surface area contributed by atoms with Crippen LogP contribution in [0.5, 0.6) is 0 Å². The van der Waals surface area contributed by atoms with Gasteiger partial charge in [0.15, 0.2) is 0 Å².